The highest BCUT2D eigenvalue weighted by molar-refractivity contribution is 5.82. The number of carbonyl (C=O) groups is 1. The zero-order valence-electron chi connectivity index (χ0n) is 15.6. The zero-order valence-corrected chi connectivity index (χ0v) is 15.6. The van der Waals surface area contributed by atoms with E-state index >= 15 is 0 Å². The molecule has 2 aromatic carbocycles. The van der Waals surface area contributed by atoms with Crippen molar-refractivity contribution in [1.29, 1.82) is 0 Å². The van der Waals surface area contributed by atoms with Crippen molar-refractivity contribution in [3.8, 4) is 5.75 Å². The number of hydrogen-bond donors (Lipinski definition) is 3. The molecule has 3 heterocycles. The van der Waals surface area contributed by atoms with E-state index in [0.29, 0.717) is 18.2 Å². The minimum Gasteiger partial charge on any atom is -0.490 e. The van der Waals surface area contributed by atoms with Gasteiger partial charge in [-0.3, -0.25) is 0 Å². The van der Waals surface area contributed by atoms with Gasteiger partial charge in [0.05, 0.1) is 23.1 Å². The Morgan fingerprint density at radius 2 is 2.14 bits per heavy atom. The van der Waals surface area contributed by atoms with Crippen LogP contribution in [0.5, 0.6) is 5.75 Å². The summed E-state index contributed by atoms with van der Waals surface area (Å²) in [7, 11) is 0. The molecule has 1 atom stereocenters. The quantitative estimate of drug-likeness (QED) is 0.480. The van der Waals surface area contributed by atoms with Crippen molar-refractivity contribution < 1.29 is 14.3 Å². The first kappa shape index (κ1) is 17.2. The van der Waals surface area contributed by atoms with Crippen molar-refractivity contribution in [2.24, 2.45) is 0 Å². The first-order chi connectivity index (χ1) is 14.1. The topological polar surface area (TPSA) is 114 Å². The zero-order chi connectivity index (χ0) is 19.8. The molecule has 1 amide bonds. The maximum atomic E-state index is 11.1. The maximum Gasteiger partial charge on any atom is 0.407 e. The Morgan fingerprint density at radius 1 is 1.21 bits per heavy atom. The molecule has 1 fully saturated rings. The van der Waals surface area contributed by atoms with E-state index in [1.165, 1.54) is 0 Å². The predicted octanol–water partition coefficient (Wildman–Crippen LogP) is 3.05. The lowest BCUT2D eigenvalue weighted by atomic mass is 10.2. The van der Waals surface area contributed by atoms with Crippen LogP contribution in [0.25, 0.3) is 21.9 Å². The smallest absolute Gasteiger partial charge is 0.407 e. The van der Waals surface area contributed by atoms with Crippen LogP contribution in [-0.2, 0) is 4.74 Å². The van der Waals surface area contributed by atoms with Gasteiger partial charge in [0.1, 0.15) is 18.2 Å². The second kappa shape index (κ2) is 6.93. The van der Waals surface area contributed by atoms with Gasteiger partial charge in [-0.1, -0.05) is 0 Å². The number of nitrogens with one attached hydrogen (secondary N) is 3. The van der Waals surface area contributed by atoms with Gasteiger partial charge in [0.15, 0.2) is 6.10 Å². The van der Waals surface area contributed by atoms with Gasteiger partial charge < -0.3 is 25.1 Å². The van der Waals surface area contributed by atoms with E-state index in [1.54, 1.807) is 6.20 Å². The number of hydrogen-bond acceptors (Lipinski definition) is 7. The van der Waals surface area contributed by atoms with Crippen molar-refractivity contribution >= 4 is 39.7 Å². The Balaban J connectivity index is 1.34. The van der Waals surface area contributed by atoms with Crippen LogP contribution in [0.15, 0.2) is 42.6 Å². The number of nitrogens with zero attached hydrogens (tertiary/aromatic N) is 3. The third-order valence-corrected chi connectivity index (χ3v) is 4.59. The molecule has 0 bridgehead atoms. The molecule has 1 aliphatic heterocycles. The number of ether oxygens (including phenoxy) is 2. The Hall–Kier alpha value is -3.88. The number of anilines is 2. The fraction of sp³-hybridized carbons (Fsp3) is 0.200. The molecule has 4 aromatic rings. The highest BCUT2D eigenvalue weighted by Crippen LogP contribution is 2.23. The van der Waals surface area contributed by atoms with E-state index in [9.17, 15) is 4.79 Å². The Bertz CT molecular complexity index is 1220. The number of amides is 1. The van der Waals surface area contributed by atoms with E-state index < -0.39 is 6.09 Å². The minimum absolute atomic E-state index is 0.282. The minimum atomic E-state index is -0.413. The third kappa shape index (κ3) is 3.62. The Kier molecular flexibility index (Phi) is 4.12. The van der Waals surface area contributed by atoms with E-state index in [-0.39, 0.29) is 12.7 Å². The van der Waals surface area contributed by atoms with E-state index in [4.69, 9.17) is 9.47 Å². The molecule has 0 radical (unpaired) electrons. The number of benzene rings is 2. The third-order valence-electron chi connectivity index (χ3n) is 4.59. The number of H-pyrrole nitrogens is 1. The molecule has 5 rings (SSSR count). The molecule has 9 nitrogen and oxygen atoms in total. The summed E-state index contributed by atoms with van der Waals surface area (Å²) in [6.45, 7) is 2.65. The van der Waals surface area contributed by atoms with Crippen LogP contribution in [0, 0.1) is 6.92 Å². The molecule has 1 unspecified atom stereocenters. The molecule has 3 N–H and O–H groups in total. The molecule has 1 aliphatic rings. The number of aromatic nitrogens is 4. The first-order valence-electron chi connectivity index (χ1n) is 9.20. The molecule has 0 spiro atoms. The number of aromatic amines is 1. The van der Waals surface area contributed by atoms with Crippen LogP contribution in [-0.4, -0.2) is 45.3 Å². The summed E-state index contributed by atoms with van der Waals surface area (Å²) in [5.74, 6) is 2.01. The number of rotatable bonds is 5. The number of carbonyl (C=O) groups excluding carboxylic acids is 1. The monoisotopic (exact) mass is 390 g/mol. The number of aryl methyl sites for hydroxylation is 1. The Labute approximate surface area is 165 Å². The summed E-state index contributed by atoms with van der Waals surface area (Å²) in [6, 6.07) is 11.4. The van der Waals surface area contributed by atoms with Gasteiger partial charge >= 0.3 is 6.09 Å². The van der Waals surface area contributed by atoms with Crippen LogP contribution in [0.1, 0.15) is 5.82 Å². The standard InChI is InChI=1S/C20H18N6O3/c1-11-23-16-5-3-13(6-18(16)24-11)25-19-21-8-12-2-4-14(7-17(12)26-19)28-10-15-9-22-20(27)29-15/h2-8,15H,9-10H2,1H3,(H,22,27)(H,23,24)(H,21,25,26). The number of fused-ring (bicyclic) bond motifs is 2. The van der Waals surface area contributed by atoms with Crippen LogP contribution in [0.3, 0.4) is 0 Å². The fourth-order valence-electron chi connectivity index (χ4n) is 3.21. The van der Waals surface area contributed by atoms with E-state index in [2.05, 4.69) is 30.6 Å². The number of cyclic esters (lactones) is 1. The van der Waals surface area contributed by atoms with Gasteiger partial charge in [0, 0.05) is 23.3 Å². The van der Waals surface area contributed by atoms with Crippen molar-refractivity contribution in [2.45, 2.75) is 13.0 Å². The summed E-state index contributed by atoms with van der Waals surface area (Å²) in [5.41, 5.74) is 3.48. The van der Waals surface area contributed by atoms with Crippen molar-refractivity contribution in [3.05, 3.63) is 48.4 Å². The predicted molar refractivity (Wildman–Crippen MR) is 107 cm³/mol. The molecule has 2 aromatic heterocycles. The van der Waals surface area contributed by atoms with E-state index in [0.717, 1.165) is 33.4 Å². The highest BCUT2D eigenvalue weighted by Gasteiger charge is 2.22. The molecular formula is C20H18N6O3. The van der Waals surface area contributed by atoms with Crippen molar-refractivity contribution in [3.63, 3.8) is 0 Å². The van der Waals surface area contributed by atoms with Crippen LogP contribution in [0.4, 0.5) is 16.4 Å². The number of imidazole rings is 1. The van der Waals surface area contributed by atoms with Gasteiger partial charge in [-0.25, -0.2) is 19.7 Å². The van der Waals surface area contributed by atoms with Gasteiger partial charge in [-0.2, -0.15) is 0 Å². The average molecular weight is 390 g/mol. The van der Waals surface area contributed by atoms with Crippen LogP contribution in [0.2, 0.25) is 0 Å². The van der Waals surface area contributed by atoms with Crippen molar-refractivity contribution in [2.75, 3.05) is 18.5 Å². The molecule has 9 heteroatoms. The Morgan fingerprint density at radius 3 is 3.00 bits per heavy atom. The number of alkyl carbamates (subject to hydrolysis) is 1. The SMILES string of the molecule is Cc1nc2ccc(Nc3ncc4ccc(OCC5CNC(=O)O5)cc4n3)cc2[nH]1. The van der Waals surface area contributed by atoms with Gasteiger partial charge in [-0.05, 0) is 37.3 Å². The molecule has 1 saturated heterocycles. The average Bonchev–Trinajstić information content (AvgIpc) is 3.30. The summed E-state index contributed by atoms with van der Waals surface area (Å²) < 4.78 is 10.8. The van der Waals surface area contributed by atoms with Gasteiger partial charge in [0.2, 0.25) is 5.95 Å². The maximum absolute atomic E-state index is 11.1. The van der Waals surface area contributed by atoms with Crippen molar-refractivity contribution in [1.82, 2.24) is 25.3 Å². The molecule has 146 valence electrons. The molecule has 0 aliphatic carbocycles. The fourth-order valence-corrected chi connectivity index (χ4v) is 3.21. The lowest BCUT2D eigenvalue weighted by Gasteiger charge is -2.11. The molecule has 29 heavy (non-hydrogen) atoms. The van der Waals surface area contributed by atoms with Gasteiger partial charge in [-0.15, -0.1) is 0 Å². The largest absolute Gasteiger partial charge is 0.490 e. The summed E-state index contributed by atoms with van der Waals surface area (Å²) in [6.07, 6.45) is 1.06. The summed E-state index contributed by atoms with van der Waals surface area (Å²) in [5, 5.41) is 6.72. The first-order valence-corrected chi connectivity index (χ1v) is 9.20. The molecule has 0 saturated carbocycles. The second-order valence-corrected chi connectivity index (χ2v) is 6.81. The highest BCUT2D eigenvalue weighted by atomic mass is 16.6. The van der Waals surface area contributed by atoms with Gasteiger partial charge in [0.25, 0.3) is 0 Å². The van der Waals surface area contributed by atoms with Crippen LogP contribution >= 0.6 is 0 Å². The normalized spacial score (nSPS) is 16.0. The lowest BCUT2D eigenvalue weighted by Crippen LogP contribution is -2.21. The summed E-state index contributed by atoms with van der Waals surface area (Å²) >= 11 is 0. The summed E-state index contributed by atoms with van der Waals surface area (Å²) in [4.78, 5) is 27.7. The van der Waals surface area contributed by atoms with E-state index in [1.807, 2.05) is 43.3 Å². The lowest BCUT2D eigenvalue weighted by molar-refractivity contribution is 0.105. The second-order valence-electron chi connectivity index (χ2n) is 6.81. The molecular weight excluding hydrogens is 372 g/mol. The van der Waals surface area contributed by atoms with Crippen LogP contribution < -0.4 is 15.4 Å².